The van der Waals surface area contributed by atoms with Crippen molar-refractivity contribution >= 4 is 5.69 Å². The van der Waals surface area contributed by atoms with Crippen molar-refractivity contribution in [3.8, 4) is 0 Å². The summed E-state index contributed by atoms with van der Waals surface area (Å²) in [4.78, 5) is 2.39. The topological polar surface area (TPSA) is 38.5 Å². The molecule has 1 fully saturated rings. The molecule has 0 spiro atoms. The first-order valence-corrected chi connectivity index (χ1v) is 5.93. The summed E-state index contributed by atoms with van der Waals surface area (Å²) in [6, 6.07) is 8.75. The van der Waals surface area contributed by atoms with Crippen LogP contribution in [0.3, 0.4) is 0 Å². The lowest BCUT2D eigenvalue weighted by Crippen LogP contribution is -2.37. The summed E-state index contributed by atoms with van der Waals surface area (Å²) in [5.74, 6) is 0. The summed E-state index contributed by atoms with van der Waals surface area (Å²) in [6.07, 6.45) is 0.938. The Morgan fingerprint density at radius 2 is 2.00 bits per heavy atom. The number of hydrogen-bond donors (Lipinski definition) is 1. The van der Waals surface area contributed by atoms with Crippen LogP contribution in [0.2, 0.25) is 0 Å². The third kappa shape index (κ3) is 2.74. The molecule has 0 saturated carbocycles. The summed E-state index contributed by atoms with van der Waals surface area (Å²) in [6.45, 7) is 5.67. The van der Waals surface area contributed by atoms with Crippen LogP contribution in [0, 0.1) is 0 Å². The van der Waals surface area contributed by atoms with Gasteiger partial charge >= 0.3 is 0 Å². The van der Waals surface area contributed by atoms with Gasteiger partial charge in [-0.15, -0.1) is 0 Å². The molecular formula is C13H20N2O. The van der Waals surface area contributed by atoms with Crippen LogP contribution < -0.4 is 10.6 Å². The van der Waals surface area contributed by atoms with E-state index in [-0.39, 0.29) is 6.04 Å². The van der Waals surface area contributed by atoms with Crippen molar-refractivity contribution in [1.29, 1.82) is 0 Å². The van der Waals surface area contributed by atoms with Gasteiger partial charge in [-0.05, 0) is 25.0 Å². The van der Waals surface area contributed by atoms with Gasteiger partial charge in [-0.2, -0.15) is 0 Å². The highest BCUT2D eigenvalue weighted by atomic mass is 16.5. The van der Waals surface area contributed by atoms with Crippen molar-refractivity contribution in [2.75, 3.05) is 31.2 Å². The van der Waals surface area contributed by atoms with Gasteiger partial charge < -0.3 is 15.4 Å². The summed E-state index contributed by atoms with van der Waals surface area (Å²) in [5.41, 5.74) is 8.55. The van der Waals surface area contributed by atoms with Gasteiger partial charge in [-0.3, -0.25) is 0 Å². The van der Waals surface area contributed by atoms with Crippen molar-refractivity contribution in [3.05, 3.63) is 29.8 Å². The minimum Gasteiger partial charge on any atom is -0.378 e. The quantitative estimate of drug-likeness (QED) is 0.837. The monoisotopic (exact) mass is 220 g/mol. The minimum atomic E-state index is 0.210. The Bertz CT molecular complexity index is 332. The number of hydrogen-bond acceptors (Lipinski definition) is 3. The van der Waals surface area contributed by atoms with Gasteiger partial charge in [0.1, 0.15) is 0 Å². The van der Waals surface area contributed by atoms with Crippen molar-refractivity contribution in [1.82, 2.24) is 0 Å². The Hall–Kier alpha value is -1.06. The molecule has 16 heavy (non-hydrogen) atoms. The zero-order valence-corrected chi connectivity index (χ0v) is 9.86. The summed E-state index contributed by atoms with van der Waals surface area (Å²) < 4.78 is 5.38. The highest BCUT2D eigenvalue weighted by Gasteiger charge is 2.14. The summed E-state index contributed by atoms with van der Waals surface area (Å²) >= 11 is 0. The second-order valence-electron chi connectivity index (χ2n) is 4.41. The third-order valence-electron chi connectivity index (χ3n) is 2.89. The van der Waals surface area contributed by atoms with Gasteiger partial charge in [0, 0.05) is 24.8 Å². The number of para-hydroxylation sites is 1. The normalized spacial score (nSPS) is 18.5. The number of anilines is 1. The Kier molecular flexibility index (Phi) is 3.80. The van der Waals surface area contributed by atoms with Crippen molar-refractivity contribution in [2.24, 2.45) is 5.73 Å². The molecule has 3 nitrogen and oxygen atoms in total. The molecular weight excluding hydrogens is 200 g/mol. The van der Waals surface area contributed by atoms with E-state index in [4.69, 9.17) is 10.5 Å². The van der Waals surface area contributed by atoms with Crippen LogP contribution in [0.25, 0.3) is 0 Å². The Morgan fingerprint density at radius 1 is 1.31 bits per heavy atom. The first-order chi connectivity index (χ1) is 7.77. The van der Waals surface area contributed by atoms with Gasteiger partial charge in [-0.1, -0.05) is 18.2 Å². The molecule has 1 aliphatic rings. The molecule has 2 N–H and O–H groups in total. The van der Waals surface area contributed by atoms with Crippen LogP contribution in [0.1, 0.15) is 12.5 Å². The lowest BCUT2D eigenvalue weighted by molar-refractivity contribution is 0.122. The van der Waals surface area contributed by atoms with Crippen LogP contribution in [-0.2, 0) is 11.2 Å². The van der Waals surface area contributed by atoms with E-state index in [9.17, 15) is 0 Å². The molecule has 0 radical (unpaired) electrons. The van der Waals surface area contributed by atoms with Crippen LogP contribution in [0.5, 0.6) is 0 Å². The molecule has 0 bridgehead atoms. The standard InChI is InChI=1S/C13H20N2O/c1-11(14)10-12-4-2-3-5-13(12)15-6-8-16-9-7-15/h2-5,11H,6-10,14H2,1H3. The lowest BCUT2D eigenvalue weighted by atomic mass is 10.0. The van der Waals surface area contributed by atoms with E-state index in [2.05, 4.69) is 36.1 Å². The zero-order chi connectivity index (χ0) is 11.4. The van der Waals surface area contributed by atoms with Crippen molar-refractivity contribution < 1.29 is 4.74 Å². The molecule has 0 aromatic heterocycles. The molecule has 0 amide bonds. The fourth-order valence-corrected chi connectivity index (χ4v) is 2.14. The molecule has 1 aliphatic heterocycles. The van der Waals surface area contributed by atoms with Crippen LogP contribution in [-0.4, -0.2) is 32.3 Å². The largest absolute Gasteiger partial charge is 0.378 e. The maximum absolute atomic E-state index is 5.88. The van der Waals surface area contributed by atoms with E-state index >= 15 is 0 Å². The molecule has 2 rings (SSSR count). The predicted molar refractivity (Wildman–Crippen MR) is 66.8 cm³/mol. The maximum Gasteiger partial charge on any atom is 0.0642 e. The molecule has 0 aliphatic carbocycles. The molecule has 1 aromatic carbocycles. The number of rotatable bonds is 3. The molecule has 1 unspecified atom stereocenters. The van der Waals surface area contributed by atoms with E-state index in [1.807, 2.05) is 0 Å². The SMILES string of the molecule is CC(N)Cc1ccccc1N1CCOCC1. The average molecular weight is 220 g/mol. The predicted octanol–water partition coefficient (Wildman–Crippen LogP) is 1.41. The Morgan fingerprint density at radius 3 is 2.69 bits per heavy atom. The second kappa shape index (κ2) is 5.32. The smallest absolute Gasteiger partial charge is 0.0642 e. The summed E-state index contributed by atoms with van der Waals surface area (Å²) in [5, 5.41) is 0. The number of nitrogens with two attached hydrogens (primary N) is 1. The Balaban J connectivity index is 2.17. The first-order valence-electron chi connectivity index (χ1n) is 5.93. The van der Waals surface area contributed by atoms with Gasteiger partial charge in [0.05, 0.1) is 13.2 Å². The van der Waals surface area contributed by atoms with Crippen LogP contribution >= 0.6 is 0 Å². The highest BCUT2D eigenvalue weighted by molar-refractivity contribution is 5.54. The maximum atomic E-state index is 5.88. The fraction of sp³-hybridized carbons (Fsp3) is 0.538. The van der Waals surface area contributed by atoms with Crippen molar-refractivity contribution in [3.63, 3.8) is 0 Å². The molecule has 1 saturated heterocycles. The summed E-state index contributed by atoms with van der Waals surface area (Å²) in [7, 11) is 0. The van der Waals surface area contributed by atoms with E-state index in [0.717, 1.165) is 32.7 Å². The number of morpholine rings is 1. The highest BCUT2D eigenvalue weighted by Crippen LogP contribution is 2.22. The van der Waals surface area contributed by atoms with Crippen LogP contribution in [0.4, 0.5) is 5.69 Å². The van der Waals surface area contributed by atoms with Gasteiger partial charge in [0.25, 0.3) is 0 Å². The first kappa shape index (κ1) is 11.4. The third-order valence-corrected chi connectivity index (χ3v) is 2.89. The minimum absolute atomic E-state index is 0.210. The second-order valence-corrected chi connectivity index (χ2v) is 4.41. The number of ether oxygens (including phenoxy) is 1. The van der Waals surface area contributed by atoms with Gasteiger partial charge in [-0.25, -0.2) is 0 Å². The average Bonchev–Trinajstić information content (AvgIpc) is 2.30. The zero-order valence-electron chi connectivity index (χ0n) is 9.86. The molecule has 88 valence electrons. The molecule has 3 heteroatoms. The molecule has 1 aromatic rings. The van der Waals surface area contributed by atoms with E-state index in [1.54, 1.807) is 0 Å². The van der Waals surface area contributed by atoms with E-state index in [1.165, 1.54) is 11.3 Å². The molecule has 1 heterocycles. The number of benzene rings is 1. The van der Waals surface area contributed by atoms with Gasteiger partial charge in [0.15, 0.2) is 0 Å². The van der Waals surface area contributed by atoms with Gasteiger partial charge in [0.2, 0.25) is 0 Å². The van der Waals surface area contributed by atoms with E-state index in [0.29, 0.717) is 0 Å². The van der Waals surface area contributed by atoms with Crippen LogP contribution in [0.15, 0.2) is 24.3 Å². The molecule has 1 atom stereocenters. The van der Waals surface area contributed by atoms with E-state index < -0.39 is 0 Å². The fourth-order valence-electron chi connectivity index (χ4n) is 2.14. The Labute approximate surface area is 97.2 Å². The number of nitrogens with zero attached hydrogens (tertiary/aromatic N) is 1. The van der Waals surface area contributed by atoms with Crippen molar-refractivity contribution in [2.45, 2.75) is 19.4 Å². The lowest BCUT2D eigenvalue weighted by Gasteiger charge is -2.31.